The molecule has 0 spiro atoms. The predicted molar refractivity (Wildman–Crippen MR) is 80.9 cm³/mol. The quantitative estimate of drug-likeness (QED) is 0.879. The fourth-order valence-electron chi connectivity index (χ4n) is 1.55. The van der Waals surface area contributed by atoms with Crippen LogP contribution in [0.3, 0.4) is 0 Å². The van der Waals surface area contributed by atoms with E-state index in [9.17, 15) is 4.79 Å². The minimum atomic E-state index is -0.270. The van der Waals surface area contributed by atoms with Crippen molar-refractivity contribution in [2.24, 2.45) is 5.73 Å². The van der Waals surface area contributed by atoms with E-state index in [-0.39, 0.29) is 5.91 Å². The van der Waals surface area contributed by atoms with Crippen LogP contribution in [0.2, 0.25) is 0 Å². The lowest BCUT2D eigenvalue weighted by molar-refractivity contribution is 0.102. The first kappa shape index (κ1) is 14.5. The smallest absolute Gasteiger partial charge is 0.275 e. The zero-order chi connectivity index (χ0) is 14.4. The molecule has 3 N–H and O–H groups in total. The maximum atomic E-state index is 12.0. The molecule has 0 saturated carbocycles. The first-order valence-corrected chi connectivity index (χ1v) is 6.85. The lowest BCUT2D eigenvalue weighted by Gasteiger charge is -2.08. The topological polar surface area (TPSA) is 77.2 Å². The Morgan fingerprint density at radius 1 is 1.30 bits per heavy atom. The summed E-state index contributed by atoms with van der Waals surface area (Å²) in [6.45, 7) is 0.929. The number of nitrogens with one attached hydrogen (secondary N) is 1. The maximum absolute atomic E-state index is 12.0. The molecule has 1 heterocycles. The molecule has 5 nitrogen and oxygen atoms in total. The molecule has 2 aromatic rings. The van der Waals surface area contributed by atoms with Gasteiger partial charge < -0.3 is 15.8 Å². The summed E-state index contributed by atoms with van der Waals surface area (Å²) in [5.41, 5.74) is 6.37. The third-order valence-electron chi connectivity index (χ3n) is 2.47. The number of hydrogen-bond acceptors (Lipinski definition) is 4. The van der Waals surface area contributed by atoms with E-state index in [2.05, 4.69) is 26.2 Å². The number of carbonyl (C=O) groups excluding carboxylic acids is 1. The highest BCUT2D eigenvalue weighted by Crippen LogP contribution is 2.18. The van der Waals surface area contributed by atoms with Crippen molar-refractivity contribution < 1.29 is 9.53 Å². The van der Waals surface area contributed by atoms with Gasteiger partial charge in [0.1, 0.15) is 18.1 Å². The first-order chi connectivity index (χ1) is 9.70. The maximum Gasteiger partial charge on any atom is 0.275 e. The number of ether oxygens (including phenoxy) is 1. The van der Waals surface area contributed by atoms with E-state index in [4.69, 9.17) is 10.5 Å². The number of nitrogens with zero attached hydrogens (tertiary/aromatic N) is 1. The molecule has 0 fully saturated rings. The summed E-state index contributed by atoms with van der Waals surface area (Å²) in [7, 11) is 0. The van der Waals surface area contributed by atoms with E-state index in [1.807, 2.05) is 0 Å². The predicted octanol–water partition coefficient (Wildman–Crippen LogP) is 2.43. The largest absolute Gasteiger partial charge is 0.492 e. The van der Waals surface area contributed by atoms with E-state index in [0.29, 0.717) is 34.8 Å². The van der Waals surface area contributed by atoms with Crippen LogP contribution in [-0.4, -0.2) is 24.0 Å². The Balaban J connectivity index is 2.03. The molecule has 0 saturated heterocycles. The van der Waals surface area contributed by atoms with Crippen LogP contribution in [0.1, 0.15) is 10.5 Å². The van der Waals surface area contributed by atoms with Gasteiger partial charge in [0.25, 0.3) is 5.91 Å². The van der Waals surface area contributed by atoms with Crippen molar-refractivity contribution >= 4 is 27.5 Å². The van der Waals surface area contributed by atoms with E-state index in [1.165, 1.54) is 0 Å². The summed E-state index contributed by atoms with van der Waals surface area (Å²) in [5, 5.41) is 2.77. The highest BCUT2D eigenvalue weighted by molar-refractivity contribution is 9.10. The molecule has 104 valence electrons. The fourth-order valence-corrected chi connectivity index (χ4v) is 1.99. The first-order valence-electron chi connectivity index (χ1n) is 6.05. The van der Waals surface area contributed by atoms with Crippen LogP contribution in [0, 0.1) is 0 Å². The molecule has 6 heteroatoms. The molecular weight excluding hydrogens is 322 g/mol. The van der Waals surface area contributed by atoms with Crippen LogP contribution >= 0.6 is 15.9 Å². The number of carbonyl (C=O) groups is 1. The van der Waals surface area contributed by atoms with Crippen LogP contribution in [0.5, 0.6) is 5.75 Å². The van der Waals surface area contributed by atoms with Crippen molar-refractivity contribution in [2.75, 3.05) is 18.5 Å². The monoisotopic (exact) mass is 335 g/mol. The van der Waals surface area contributed by atoms with E-state index < -0.39 is 0 Å². The molecule has 0 aliphatic carbocycles. The van der Waals surface area contributed by atoms with Gasteiger partial charge in [-0.15, -0.1) is 0 Å². The number of nitrogens with two attached hydrogens (primary N) is 1. The number of anilines is 1. The standard InChI is InChI=1S/C14H14BrN3O2/c15-12-2-1-8-17-13(12)14(19)18-10-3-5-11(6-4-10)20-9-7-16/h1-6,8H,7,9,16H2,(H,18,19). The van der Waals surface area contributed by atoms with E-state index in [1.54, 1.807) is 42.6 Å². The molecule has 0 radical (unpaired) electrons. The SMILES string of the molecule is NCCOc1ccc(NC(=O)c2ncccc2Br)cc1. The number of halogens is 1. The number of hydrogen-bond donors (Lipinski definition) is 2. The second-order valence-electron chi connectivity index (χ2n) is 3.95. The molecule has 0 unspecified atom stereocenters. The molecular formula is C14H14BrN3O2. The summed E-state index contributed by atoms with van der Waals surface area (Å²) in [6, 6.07) is 10.6. The second kappa shape index (κ2) is 7.02. The Hall–Kier alpha value is -1.92. The van der Waals surface area contributed by atoms with Gasteiger partial charge >= 0.3 is 0 Å². The third-order valence-corrected chi connectivity index (χ3v) is 3.11. The molecule has 2 rings (SSSR count). The number of aromatic nitrogens is 1. The Morgan fingerprint density at radius 2 is 2.05 bits per heavy atom. The molecule has 0 aliphatic rings. The minimum Gasteiger partial charge on any atom is -0.492 e. The number of rotatable bonds is 5. The molecule has 0 bridgehead atoms. The van der Waals surface area contributed by atoms with Crippen LogP contribution in [-0.2, 0) is 0 Å². The zero-order valence-corrected chi connectivity index (χ0v) is 12.3. The highest BCUT2D eigenvalue weighted by Gasteiger charge is 2.11. The third kappa shape index (κ3) is 3.79. The lowest BCUT2D eigenvalue weighted by Crippen LogP contribution is -2.14. The van der Waals surface area contributed by atoms with E-state index >= 15 is 0 Å². The number of pyridine rings is 1. The minimum absolute atomic E-state index is 0.270. The van der Waals surface area contributed by atoms with Crippen molar-refractivity contribution in [2.45, 2.75) is 0 Å². The Labute approximate surface area is 125 Å². The van der Waals surface area contributed by atoms with Crippen LogP contribution in [0.4, 0.5) is 5.69 Å². The highest BCUT2D eigenvalue weighted by atomic mass is 79.9. The van der Waals surface area contributed by atoms with E-state index in [0.717, 1.165) is 0 Å². The number of benzene rings is 1. The Bertz CT molecular complexity index is 587. The zero-order valence-electron chi connectivity index (χ0n) is 10.7. The van der Waals surface area contributed by atoms with Gasteiger partial charge in [-0.3, -0.25) is 4.79 Å². The van der Waals surface area contributed by atoms with Gasteiger partial charge in [-0.25, -0.2) is 4.98 Å². The summed E-state index contributed by atoms with van der Waals surface area (Å²) >= 11 is 3.30. The van der Waals surface area contributed by atoms with Crippen molar-refractivity contribution in [3.63, 3.8) is 0 Å². The van der Waals surface area contributed by atoms with Gasteiger partial charge in [0.05, 0.1) is 0 Å². The van der Waals surface area contributed by atoms with Gasteiger partial charge in [0.2, 0.25) is 0 Å². The molecule has 20 heavy (non-hydrogen) atoms. The molecule has 1 aromatic heterocycles. The van der Waals surface area contributed by atoms with Gasteiger partial charge in [-0.2, -0.15) is 0 Å². The van der Waals surface area contributed by atoms with Gasteiger partial charge in [0.15, 0.2) is 0 Å². The second-order valence-corrected chi connectivity index (χ2v) is 4.80. The van der Waals surface area contributed by atoms with Crippen molar-refractivity contribution in [1.29, 1.82) is 0 Å². The van der Waals surface area contributed by atoms with Crippen molar-refractivity contribution in [3.8, 4) is 5.75 Å². The molecule has 1 aromatic carbocycles. The summed E-state index contributed by atoms with van der Waals surface area (Å²) in [6.07, 6.45) is 1.57. The van der Waals surface area contributed by atoms with Crippen LogP contribution in [0.25, 0.3) is 0 Å². The molecule has 0 aliphatic heterocycles. The van der Waals surface area contributed by atoms with Gasteiger partial charge in [-0.1, -0.05) is 0 Å². The van der Waals surface area contributed by atoms with Gasteiger partial charge in [-0.05, 0) is 52.3 Å². The van der Waals surface area contributed by atoms with Gasteiger partial charge in [0, 0.05) is 22.9 Å². The van der Waals surface area contributed by atoms with Crippen molar-refractivity contribution in [3.05, 3.63) is 52.8 Å². The Morgan fingerprint density at radius 3 is 2.70 bits per heavy atom. The normalized spacial score (nSPS) is 10.1. The summed E-state index contributed by atoms with van der Waals surface area (Å²) < 4.78 is 6.01. The average Bonchev–Trinajstić information content (AvgIpc) is 2.47. The summed E-state index contributed by atoms with van der Waals surface area (Å²) in [4.78, 5) is 16.1. The Kier molecular flexibility index (Phi) is 5.09. The van der Waals surface area contributed by atoms with Crippen molar-refractivity contribution in [1.82, 2.24) is 4.98 Å². The molecule has 0 atom stereocenters. The van der Waals surface area contributed by atoms with Crippen LogP contribution in [0.15, 0.2) is 47.1 Å². The number of amides is 1. The fraction of sp³-hybridized carbons (Fsp3) is 0.143. The molecule has 1 amide bonds. The summed E-state index contributed by atoms with van der Waals surface area (Å²) in [5.74, 6) is 0.445. The average molecular weight is 336 g/mol. The lowest BCUT2D eigenvalue weighted by atomic mass is 10.3. The van der Waals surface area contributed by atoms with Crippen LogP contribution < -0.4 is 15.8 Å².